The van der Waals surface area contributed by atoms with Gasteiger partial charge in [-0.1, -0.05) is 0 Å². The summed E-state index contributed by atoms with van der Waals surface area (Å²) in [4.78, 5) is 0. The van der Waals surface area contributed by atoms with Gasteiger partial charge in [-0.05, 0) is 67.1 Å². The van der Waals surface area contributed by atoms with Crippen molar-refractivity contribution in [2.24, 2.45) is 0 Å². The van der Waals surface area contributed by atoms with Crippen molar-refractivity contribution in [3.05, 3.63) is 65.7 Å². The van der Waals surface area contributed by atoms with Crippen LogP contribution in [0.25, 0.3) is 27.5 Å². The molecule has 3 nitrogen and oxygen atoms in total. The normalized spacial score (nSPS) is 11.9. The number of aromatic nitrogens is 1. The molecule has 1 heterocycles. The van der Waals surface area contributed by atoms with Crippen molar-refractivity contribution in [2.75, 3.05) is 14.2 Å². The van der Waals surface area contributed by atoms with Gasteiger partial charge in [0.05, 0.1) is 30.8 Å². The lowest BCUT2D eigenvalue weighted by molar-refractivity contribution is -0.137. The van der Waals surface area contributed by atoms with E-state index in [1.807, 2.05) is 41.0 Å². The standard InChI is InChI=1S/C22H18F3NO2/c1-13-10-14(22(23,24)25)4-7-19(13)26-20-8-5-15(27-2)11-17(20)18-12-16(28-3)6-9-21(18)26/h4-12H,1-3H3. The van der Waals surface area contributed by atoms with Crippen LogP contribution in [0.5, 0.6) is 11.5 Å². The first kappa shape index (κ1) is 18.2. The van der Waals surface area contributed by atoms with Crippen LogP contribution in [0.15, 0.2) is 54.6 Å². The van der Waals surface area contributed by atoms with Crippen molar-refractivity contribution in [3.8, 4) is 17.2 Å². The van der Waals surface area contributed by atoms with E-state index in [0.29, 0.717) is 22.7 Å². The molecule has 0 aliphatic heterocycles. The second-order valence-electron chi connectivity index (χ2n) is 6.60. The van der Waals surface area contributed by atoms with Gasteiger partial charge in [0, 0.05) is 16.5 Å². The summed E-state index contributed by atoms with van der Waals surface area (Å²) in [6, 6.07) is 15.2. The van der Waals surface area contributed by atoms with Gasteiger partial charge in [0.2, 0.25) is 0 Å². The van der Waals surface area contributed by atoms with Crippen LogP contribution in [0.2, 0.25) is 0 Å². The predicted octanol–water partition coefficient (Wildman–Crippen LogP) is 6.13. The van der Waals surface area contributed by atoms with Gasteiger partial charge in [-0.2, -0.15) is 13.2 Å². The minimum atomic E-state index is -4.37. The van der Waals surface area contributed by atoms with E-state index >= 15 is 0 Å². The van der Waals surface area contributed by atoms with Crippen molar-refractivity contribution < 1.29 is 22.6 Å². The van der Waals surface area contributed by atoms with Gasteiger partial charge in [0.15, 0.2) is 0 Å². The number of methoxy groups -OCH3 is 2. The monoisotopic (exact) mass is 385 g/mol. The van der Waals surface area contributed by atoms with Gasteiger partial charge in [-0.25, -0.2) is 0 Å². The first-order valence-corrected chi connectivity index (χ1v) is 8.68. The topological polar surface area (TPSA) is 23.4 Å². The summed E-state index contributed by atoms with van der Waals surface area (Å²) >= 11 is 0. The zero-order valence-corrected chi connectivity index (χ0v) is 15.6. The summed E-state index contributed by atoms with van der Waals surface area (Å²) in [6.07, 6.45) is -4.37. The van der Waals surface area contributed by atoms with Crippen LogP contribution >= 0.6 is 0 Å². The van der Waals surface area contributed by atoms with Crippen LogP contribution in [-0.2, 0) is 6.18 Å². The quantitative estimate of drug-likeness (QED) is 0.424. The first-order chi connectivity index (χ1) is 13.3. The van der Waals surface area contributed by atoms with Crippen LogP contribution in [0.3, 0.4) is 0 Å². The Bertz CT molecular complexity index is 1130. The summed E-state index contributed by atoms with van der Waals surface area (Å²) in [5, 5.41) is 1.88. The predicted molar refractivity (Wildman–Crippen MR) is 104 cm³/mol. The number of rotatable bonds is 3. The van der Waals surface area contributed by atoms with Crippen molar-refractivity contribution in [3.63, 3.8) is 0 Å². The summed E-state index contributed by atoms with van der Waals surface area (Å²) < 4.78 is 51.9. The molecule has 0 N–H and O–H groups in total. The highest BCUT2D eigenvalue weighted by Gasteiger charge is 2.31. The average Bonchev–Trinajstić information content (AvgIpc) is 2.99. The number of ether oxygens (including phenoxy) is 2. The molecular weight excluding hydrogens is 367 g/mol. The minimum absolute atomic E-state index is 0.542. The zero-order chi connectivity index (χ0) is 20.1. The van der Waals surface area contributed by atoms with E-state index in [1.54, 1.807) is 21.1 Å². The van der Waals surface area contributed by atoms with E-state index in [0.717, 1.165) is 27.9 Å². The molecule has 0 unspecified atom stereocenters. The maximum absolute atomic E-state index is 13.1. The van der Waals surface area contributed by atoms with E-state index in [2.05, 4.69) is 0 Å². The van der Waals surface area contributed by atoms with E-state index < -0.39 is 11.7 Å². The van der Waals surface area contributed by atoms with Gasteiger partial charge >= 0.3 is 6.18 Å². The molecule has 0 amide bonds. The Morgan fingerprint density at radius 3 is 1.71 bits per heavy atom. The lowest BCUT2D eigenvalue weighted by Crippen LogP contribution is -2.06. The highest BCUT2D eigenvalue weighted by Crippen LogP contribution is 2.38. The Morgan fingerprint density at radius 1 is 0.750 bits per heavy atom. The molecule has 1 aromatic heterocycles. The fourth-order valence-corrected chi connectivity index (χ4v) is 3.58. The summed E-state index contributed by atoms with van der Waals surface area (Å²) in [5.74, 6) is 1.41. The fraction of sp³-hybridized carbons (Fsp3) is 0.182. The lowest BCUT2D eigenvalue weighted by atomic mass is 10.1. The molecule has 144 valence electrons. The minimum Gasteiger partial charge on any atom is -0.497 e. The largest absolute Gasteiger partial charge is 0.497 e. The maximum atomic E-state index is 13.1. The second-order valence-corrected chi connectivity index (χ2v) is 6.60. The Kier molecular flexibility index (Phi) is 4.22. The lowest BCUT2D eigenvalue weighted by Gasteiger charge is -2.14. The van der Waals surface area contributed by atoms with Gasteiger partial charge < -0.3 is 14.0 Å². The van der Waals surface area contributed by atoms with Gasteiger partial charge in [0.1, 0.15) is 11.5 Å². The van der Waals surface area contributed by atoms with Crippen molar-refractivity contribution in [2.45, 2.75) is 13.1 Å². The van der Waals surface area contributed by atoms with Crippen LogP contribution in [-0.4, -0.2) is 18.8 Å². The van der Waals surface area contributed by atoms with E-state index in [9.17, 15) is 13.2 Å². The van der Waals surface area contributed by atoms with Crippen molar-refractivity contribution >= 4 is 21.8 Å². The van der Waals surface area contributed by atoms with E-state index in [4.69, 9.17) is 9.47 Å². The number of hydrogen-bond donors (Lipinski definition) is 0. The summed E-state index contributed by atoms with van der Waals surface area (Å²) in [7, 11) is 3.20. The molecule has 0 aliphatic rings. The second kappa shape index (κ2) is 6.48. The molecule has 0 spiro atoms. The molecule has 0 radical (unpaired) electrons. The smallest absolute Gasteiger partial charge is 0.416 e. The molecule has 6 heteroatoms. The number of nitrogens with zero attached hydrogens (tertiary/aromatic N) is 1. The molecular formula is C22H18F3NO2. The Balaban J connectivity index is 2.06. The fourth-order valence-electron chi connectivity index (χ4n) is 3.58. The Labute approximate surface area is 159 Å². The third-order valence-corrected chi connectivity index (χ3v) is 4.94. The van der Waals surface area contributed by atoms with Gasteiger partial charge in [-0.3, -0.25) is 0 Å². The molecule has 0 bridgehead atoms. The van der Waals surface area contributed by atoms with Gasteiger partial charge in [-0.15, -0.1) is 0 Å². The third-order valence-electron chi connectivity index (χ3n) is 4.94. The molecule has 0 atom stereocenters. The first-order valence-electron chi connectivity index (χ1n) is 8.68. The molecule has 0 aliphatic carbocycles. The summed E-state index contributed by atoms with van der Waals surface area (Å²) in [5.41, 5.74) is 2.35. The zero-order valence-electron chi connectivity index (χ0n) is 15.6. The molecule has 0 saturated heterocycles. The maximum Gasteiger partial charge on any atom is 0.416 e. The van der Waals surface area contributed by atoms with Gasteiger partial charge in [0.25, 0.3) is 0 Å². The Morgan fingerprint density at radius 2 is 1.29 bits per heavy atom. The van der Waals surface area contributed by atoms with Crippen LogP contribution in [0.4, 0.5) is 13.2 Å². The van der Waals surface area contributed by atoms with Crippen LogP contribution in [0.1, 0.15) is 11.1 Å². The number of alkyl halides is 3. The van der Waals surface area contributed by atoms with E-state index in [1.165, 1.54) is 12.1 Å². The number of halogens is 3. The molecule has 28 heavy (non-hydrogen) atoms. The number of fused-ring (bicyclic) bond motifs is 3. The number of benzene rings is 3. The van der Waals surface area contributed by atoms with Crippen LogP contribution < -0.4 is 9.47 Å². The third kappa shape index (κ3) is 2.85. The molecule has 0 fully saturated rings. The van der Waals surface area contributed by atoms with E-state index in [-0.39, 0.29) is 0 Å². The summed E-state index contributed by atoms with van der Waals surface area (Å²) in [6.45, 7) is 1.69. The molecule has 3 aromatic carbocycles. The van der Waals surface area contributed by atoms with Crippen molar-refractivity contribution in [1.82, 2.24) is 4.57 Å². The highest BCUT2D eigenvalue weighted by molar-refractivity contribution is 6.10. The number of hydrogen-bond acceptors (Lipinski definition) is 2. The number of aryl methyl sites for hydroxylation is 1. The molecule has 4 aromatic rings. The molecule has 0 saturated carbocycles. The van der Waals surface area contributed by atoms with Crippen LogP contribution in [0, 0.1) is 6.92 Å². The molecule has 4 rings (SSSR count). The average molecular weight is 385 g/mol. The van der Waals surface area contributed by atoms with Crippen molar-refractivity contribution in [1.29, 1.82) is 0 Å². The highest BCUT2D eigenvalue weighted by atomic mass is 19.4. The SMILES string of the molecule is COc1ccc2c(c1)c1cc(OC)ccc1n2-c1ccc(C(F)(F)F)cc1C. The Hall–Kier alpha value is -3.15.